The van der Waals surface area contributed by atoms with E-state index in [9.17, 15) is 17.6 Å². The van der Waals surface area contributed by atoms with Crippen molar-refractivity contribution in [2.75, 3.05) is 55.9 Å². The van der Waals surface area contributed by atoms with Crippen molar-refractivity contribution in [1.82, 2.24) is 24.8 Å². The third kappa shape index (κ3) is 5.45. The summed E-state index contributed by atoms with van der Waals surface area (Å²) in [4.78, 5) is 21.7. The third-order valence-electron chi connectivity index (χ3n) is 9.39. The number of fused-ring (bicyclic) bond motifs is 1. The number of pyridine rings is 2. The summed E-state index contributed by atoms with van der Waals surface area (Å²) in [6, 6.07) is 3.94. The molecule has 48 heavy (non-hydrogen) atoms. The van der Waals surface area contributed by atoms with Gasteiger partial charge < -0.3 is 30.6 Å². The van der Waals surface area contributed by atoms with Crippen molar-refractivity contribution < 1.29 is 36.2 Å². The van der Waals surface area contributed by atoms with Crippen molar-refractivity contribution in [1.29, 1.82) is 0 Å². The third-order valence-corrected chi connectivity index (χ3v) is 9.39. The molecule has 0 bridgehead atoms. The Kier molecular flexibility index (Phi) is 8.10. The van der Waals surface area contributed by atoms with E-state index >= 15 is 4.39 Å². The summed E-state index contributed by atoms with van der Waals surface area (Å²) in [5, 5.41) is 0.0323. The minimum atomic E-state index is -5.06. The van der Waals surface area contributed by atoms with Crippen LogP contribution in [0.1, 0.15) is 42.5 Å². The maximum Gasteiger partial charge on any atom is 0.417 e. The first-order valence-electron chi connectivity index (χ1n) is 15.6. The molecule has 2 saturated heterocycles. The van der Waals surface area contributed by atoms with Crippen LogP contribution in [-0.2, 0) is 10.9 Å². The van der Waals surface area contributed by atoms with E-state index in [2.05, 4.69) is 19.9 Å². The van der Waals surface area contributed by atoms with Crippen molar-refractivity contribution in [3.8, 4) is 23.1 Å². The predicted molar refractivity (Wildman–Crippen MR) is 167 cm³/mol. The maximum atomic E-state index is 16.8. The number of rotatable bonds is 6. The highest BCUT2D eigenvalue weighted by Gasteiger charge is 2.40. The highest BCUT2D eigenvalue weighted by molar-refractivity contribution is 5.97. The second kappa shape index (κ2) is 12.1. The Morgan fingerprint density at radius 2 is 1.90 bits per heavy atom. The first kappa shape index (κ1) is 32.0. The number of benzene rings is 1. The number of hydrogen-bond acceptors (Lipinski definition) is 11. The fourth-order valence-corrected chi connectivity index (χ4v) is 7.00. The second-order valence-electron chi connectivity index (χ2n) is 12.2. The molecule has 3 aromatic heterocycles. The van der Waals surface area contributed by atoms with Gasteiger partial charge in [-0.2, -0.15) is 23.1 Å². The van der Waals surface area contributed by atoms with Crippen LogP contribution in [0, 0.1) is 18.6 Å². The number of anilines is 3. The average Bonchev–Trinajstić information content (AvgIpc) is 3.38. The summed E-state index contributed by atoms with van der Waals surface area (Å²) in [5.74, 6) is -2.18. The van der Waals surface area contributed by atoms with E-state index in [-0.39, 0.29) is 66.3 Å². The van der Waals surface area contributed by atoms with Gasteiger partial charge in [-0.15, -0.1) is 0 Å². The molecule has 1 aromatic carbocycles. The molecule has 0 unspecified atom stereocenters. The number of ether oxygens (including phenoxy) is 3. The summed E-state index contributed by atoms with van der Waals surface area (Å²) >= 11 is 0. The Morgan fingerprint density at radius 3 is 2.67 bits per heavy atom. The summed E-state index contributed by atoms with van der Waals surface area (Å²) in [6.07, 6.45) is -1.72. The highest BCUT2D eigenvalue weighted by Crippen LogP contribution is 2.46. The molecule has 0 aliphatic carbocycles. The van der Waals surface area contributed by atoms with Gasteiger partial charge in [0.2, 0.25) is 5.88 Å². The smallest absolute Gasteiger partial charge is 0.417 e. The Morgan fingerprint density at radius 1 is 1.08 bits per heavy atom. The van der Waals surface area contributed by atoms with Crippen LogP contribution < -0.4 is 25.8 Å². The molecule has 4 aromatic rings. The lowest BCUT2D eigenvalue weighted by molar-refractivity contribution is -0.137. The molecule has 3 aliphatic heterocycles. The average molecular weight is 673 g/mol. The van der Waals surface area contributed by atoms with Gasteiger partial charge in [-0.25, -0.2) is 18.7 Å². The second-order valence-corrected chi connectivity index (χ2v) is 12.2. The van der Waals surface area contributed by atoms with Crippen molar-refractivity contribution >= 4 is 28.2 Å². The number of morpholine rings is 1. The molecular formula is C32H33F5N8O3. The van der Waals surface area contributed by atoms with Crippen molar-refractivity contribution in [3.63, 3.8) is 0 Å². The number of nitrogens with two attached hydrogens (primary N) is 2. The molecule has 4 N–H and O–H groups in total. The highest BCUT2D eigenvalue weighted by atomic mass is 19.4. The molecule has 3 atom stereocenters. The van der Waals surface area contributed by atoms with E-state index in [0.29, 0.717) is 18.8 Å². The topological polar surface area (TPSA) is 138 Å². The number of nitrogen functional groups attached to an aromatic ring is 2. The Hall–Kier alpha value is -4.57. The lowest BCUT2D eigenvalue weighted by atomic mass is 9.96. The van der Waals surface area contributed by atoms with Crippen LogP contribution in [0.2, 0.25) is 0 Å². The number of halogens is 5. The first-order chi connectivity index (χ1) is 22.9. The standard InChI is InChI=1S/C32H33F5N8O3/c1-15-23(32(35,36)37)20(12-21(38)24(15)33)26-25(34)27-22-29(43-31(42-27)48-14-18-6-5-17-13-46-10-8-45(17)18)44(9-11-47-30(22)41-26)16(2)19-4-3-7-40-28(19)39/h3-4,7,12,16-18H,5-6,8-11,13-14,38H2,1-2H3,(H2,39,40)/t16-,17+,18+/m1/s1. The molecule has 11 nitrogen and oxygen atoms in total. The van der Waals surface area contributed by atoms with Crippen LogP contribution >= 0.6 is 0 Å². The van der Waals surface area contributed by atoms with E-state index in [1.54, 1.807) is 18.3 Å². The largest absolute Gasteiger partial charge is 0.475 e. The van der Waals surface area contributed by atoms with Gasteiger partial charge in [0, 0.05) is 36.0 Å². The van der Waals surface area contributed by atoms with Gasteiger partial charge in [-0.3, -0.25) is 4.90 Å². The monoisotopic (exact) mass is 672 g/mol. The van der Waals surface area contributed by atoms with Crippen LogP contribution in [0.5, 0.6) is 11.9 Å². The number of aromatic nitrogens is 4. The zero-order valence-corrected chi connectivity index (χ0v) is 26.2. The van der Waals surface area contributed by atoms with Gasteiger partial charge >= 0.3 is 12.2 Å². The van der Waals surface area contributed by atoms with Crippen LogP contribution in [0.3, 0.4) is 0 Å². The van der Waals surface area contributed by atoms with E-state index in [4.69, 9.17) is 30.7 Å². The molecule has 16 heteroatoms. The van der Waals surface area contributed by atoms with Crippen LogP contribution in [0.15, 0.2) is 24.4 Å². The van der Waals surface area contributed by atoms with E-state index in [0.717, 1.165) is 32.4 Å². The Balaban J connectivity index is 1.40. The summed E-state index contributed by atoms with van der Waals surface area (Å²) in [7, 11) is 0. The van der Waals surface area contributed by atoms with Crippen LogP contribution in [0.4, 0.5) is 39.3 Å². The van der Waals surface area contributed by atoms with E-state index < -0.39 is 51.9 Å². The molecule has 0 saturated carbocycles. The minimum absolute atomic E-state index is 0.00142. The first-order valence-corrected chi connectivity index (χ1v) is 15.6. The molecule has 0 spiro atoms. The molecule has 2 fully saturated rings. The summed E-state index contributed by atoms with van der Waals surface area (Å²) < 4.78 is 92.2. The van der Waals surface area contributed by atoms with E-state index in [1.165, 1.54) is 0 Å². The Bertz CT molecular complexity index is 1890. The predicted octanol–water partition coefficient (Wildman–Crippen LogP) is 5.06. The van der Waals surface area contributed by atoms with Crippen molar-refractivity contribution in [2.45, 2.75) is 51.0 Å². The SMILES string of the molecule is Cc1c(F)c(N)cc(-c2nc3c4c(nc(OC[C@@H]5CC[C@H]6COCCN65)nc4c2F)N([C@H](C)c2cccnc2N)CCO3)c1C(F)(F)F. The zero-order chi connectivity index (χ0) is 33.9. The van der Waals surface area contributed by atoms with Gasteiger partial charge in [0.1, 0.15) is 47.3 Å². The van der Waals surface area contributed by atoms with Crippen LogP contribution in [0.25, 0.3) is 22.2 Å². The normalized spacial score (nSPS) is 20.4. The number of hydrogen-bond donors (Lipinski definition) is 2. The Labute approximate surface area is 272 Å². The van der Waals surface area contributed by atoms with Gasteiger partial charge in [0.15, 0.2) is 5.82 Å². The van der Waals surface area contributed by atoms with Gasteiger partial charge in [-0.1, -0.05) is 6.07 Å². The quantitative estimate of drug-likeness (QED) is 0.210. The van der Waals surface area contributed by atoms with Crippen molar-refractivity contribution in [3.05, 3.63) is 52.7 Å². The van der Waals surface area contributed by atoms with Gasteiger partial charge in [0.05, 0.1) is 37.1 Å². The van der Waals surface area contributed by atoms with Crippen molar-refractivity contribution in [2.24, 2.45) is 0 Å². The molecule has 0 amide bonds. The zero-order valence-electron chi connectivity index (χ0n) is 26.2. The maximum absolute atomic E-state index is 16.8. The van der Waals surface area contributed by atoms with Crippen LogP contribution in [-0.4, -0.2) is 76.4 Å². The van der Waals surface area contributed by atoms with Gasteiger partial charge in [-0.05, 0) is 44.4 Å². The van der Waals surface area contributed by atoms with E-state index in [1.807, 2.05) is 11.8 Å². The molecular weight excluding hydrogens is 639 g/mol. The lowest BCUT2D eigenvalue weighted by Crippen LogP contribution is -2.46. The molecule has 3 aliphatic rings. The molecule has 254 valence electrons. The fraction of sp³-hybridized carbons (Fsp3) is 0.438. The minimum Gasteiger partial charge on any atom is -0.475 e. The molecule has 7 rings (SSSR count). The number of nitrogens with zero attached hydrogens (tertiary/aromatic N) is 6. The summed E-state index contributed by atoms with van der Waals surface area (Å²) in [6.45, 7) is 5.18. The lowest BCUT2D eigenvalue weighted by Gasteiger charge is -2.33. The number of alkyl halides is 3. The summed E-state index contributed by atoms with van der Waals surface area (Å²) in [5.41, 5.74) is 7.96. The molecule has 6 heterocycles. The fourth-order valence-electron chi connectivity index (χ4n) is 7.00. The molecule has 0 radical (unpaired) electrons. The van der Waals surface area contributed by atoms with Gasteiger partial charge in [0.25, 0.3) is 0 Å².